The normalized spacial score (nSPS) is 14.0. The van der Waals surface area contributed by atoms with Crippen LogP contribution in [-0.2, 0) is 14.4 Å². The van der Waals surface area contributed by atoms with Gasteiger partial charge in [-0.2, -0.15) is 0 Å². The van der Waals surface area contributed by atoms with Crippen molar-refractivity contribution in [3.8, 4) is 0 Å². The van der Waals surface area contributed by atoms with Gasteiger partial charge in [0, 0.05) is 12.5 Å². The lowest BCUT2D eigenvalue weighted by Gasteiger charge is -2.06. The fraction of sp³-hybridized carbons (Fsp3) is 0.682. The molecule has 0 aromatic heterocycles. The zero-order chi connectivity index (χ0) is 18.3. The zero-order valence-corrected chi connectivity index (χ0v) is 15.9. The smallest absolute Gasteiger partial charge is 0.189 e. The highest BCUT2D eigenvalue weighted by atomic mass is 16.2. The third kappa shape index (κ3) is 10.2. The summed E-state index contributed by atoms with van der Waals surface area (Å²) in [5.41, 5.74) is 0.0615. The number of carbonyl (C=O) groups is 3. The van der Waals surface area contributed by atoms with Crippen LogP contribution in [-0.4, -0.2) is 17.3 Å². The predicted molar refractivity (Wildman–Crippen MR) is 103 cm³/mol. The second kappa shape index (κ2) is 13.7. The monoisotopic (exact) mass is 346 g/mol. The molecule has 0 saturated heterocycles. The summed E-state index contributed by atoms with van der Waals surface area (Å²) in [4.78, 5) is 34.8. The largest absolute Gasteiger partial charge is 0.294 e. The molecule has 0 atom stereocenters. The summed E-state index contributed by atoms with van der Waals surface area (Å²) in [7, 11) is 0. The van der Waals surface area contributed by atoms with Gasteiger partial charge in [0.15, 0.2) is 17.3 Å². The molecule has 0 spiro atoms. The van der Waals surface area contributed by atoms with E-state index in [2.05, 4.69) is 6.92 Å². The van der Waals surface area contributed by atoms with E-state index in [1.54, 1.807) is 0 Å². The van der Waals surface area contributed by atoms with Crippen molar-refractivity contribution in [2.45, 2.75) is 96.8 Å². The van der Waals surface area contributed by atoms with Gasteiger partial charge in [-0.3, -0.25) is 14.4 Å². The number of Topliss-reactive ketones (excluding diaryl/α,β-unsaturated/α-hetero) is 1. The summed E-state index contributed by atoms with van der Waals surface area (Å²) in [6.07, 6.45) is 20.3. The lowest BCUT2D eigenvalue weighted by Crippen LogP contribution is -2.15. The van der Waals surface area contributed by atoms with E-state index in [9.17, 15) is 14.4 Å². The third-order valence-corrected chi connectivity index (χ3v) is 4.76. The quantitative estimate of drug-likeness (QED) is 0.218. The Hall–Kier alpha value is -1.51. The van der Waals surface area contributed by atoms with E-state index in [1.165, 1.54) is 82.4 Å². The summed E-state index contributed by atoms with van der Waals surface area (Å²) in [6, 6.07) is 0. The van der Waals surface area contributed by atoms with Gasteiger partial charge in [-0.05, 0) is 18.6 Å². The lowest BCUT2D eigenvalue weighted by molar-refractivity contribution is -0.121. The number of unbranched alkanes of at least 4 members (excludes halogenated alkanes) is 12. The van der Waals surface area contributed by atoms with Crippen LogP contribution in [0.5, 0.6) is 0 Å². The van der Waals surface area contributed by atoms with Crippen LogP contribution in [0.2, 0.25) is 0 Å². The molecule has 1 aliphatic carbocycles. The third-order valence-electron chi connectivity index (χ3n) is 4.76. The number of ketones is 3. The molecule has 0 radical (unpaired) electrons. The first-order valence-corrected chi connectivity index (χ1v) is 10.2. The van der Waals surface area contributed by atoms with Crippen LogP contribution in [0.1, 0.15) is 96.8 Å². The van der Waals surface area contributed by atoms with Crippen LogP contribution >= 0.6 is 0 Å². The van der Waals surface area contributed by atoms with Gasteiger partial charge in [0.25, 0.3) is 0 Å². The molecule has 0 aliphatic heterocycles. The molecular weight excluding hydrogens is 312 g/mol. The van der Waals surface area contributed by atoms with Crippen molar-refractivity contribution in [3.63, 3.8) is 0 Å². The number of hydrogen-bond acceptors (Lipinski definition) is 3. The Kier molecular flexibility index (Phi) is 11.8. The fourth-order valence-electron chi connectivity index (χ4n) is 3.16. The van der Waals surface area contributed by atoms with Crippen LogP contribution in [0, 0.1) is 0 Å². The molecule has 0 bridgehead atoms. The van der Waals surface area contributed by atoms with Gasteiger partial charge in [0.1, 0.15) is 0 Å². The number of allylic oxidation sites excluding steroid dienone is 4. The predicted octanol–water partition coefficient (Wildman–Crippen LogP) is 5.67. The molecule has 0 amide bonds. The molecule has 0 aromatic carbocycles. The van der Waals surface area contributed by atoms with Crippen LogP contribution in [0.25, 0.3) is 0 Å². The van der Waals surface area contributed by atoms with Gasteiger partial charge >= 0.3 is 0 Å². The molecule has 1 rings (SSSR count). The molecule has 0 aromatic rings. The standard InChI is InChI=1S/C22H34O3/c1-2-3-4-5-6-7-8-9-10-11-12-13-14-15-21(24)20-18-19(23)16-17-22(20)25/h16-18H,2-15H2,1H3. The Morgan fingerprint density at radius 2 is 1.20 bits per heavy atom. The van der Waals surface area contributed by atoms with E-state index in [1.807, 2.05) is 0 Å². The Bertz CT molecular complexity index is 486. The average molecular weight is 347 g/mol. The van der Waals surface area contributed by atoms with E-state index in [4.69, 9.17) is 0 Å². The van der Waals surface area contributed by atoms with Gasteiger partial charge in [0.05, 0.1) is 5.57 Å². The molecule has 0 saturated carbocycles. The number of carbonyl (C=O) groups excluding carboxylic acids is 3. The first-order chi connectivity index (χ1) is 12.1. The summed E-state index contributed by atoms with van der Waals surface area (Å²) >= 11 is 0. The van der Waals surface area contributed by atoms with Crippen molar-refractivity contribution >= 4 is 17.3 Å². The zero-order valence-electron chi connectivity index (χ0n) is 15.9. The minimum absolute atomic E-state index is 0.0615. The maximum atomic E-state index is 12.0. The molecule has 0 unspecified atom stereocenters. The Balaban J connectivity index is 1.93. The van der Waals surface area contributed by atoms with Crippen molar-refractivity contribution in [1.82, 2.24) is 0 Å². The molecule has 0 heterocycles. The van der Waals surface area contributed by atoms with E-state index in [0.29, 0.717) is 6.42 Å². The average Bonchev–Trinajstić information content (AvgIpc) is 2.61. The van der Waals surface area contributed by atoms with E-state index < -0.39 is 0 Å². The SMILES string of the molecule is CCCCCCCCCCCCCCCC(=O)C1=CC(=O)C=CC1=O. The minimum atomic E-state index is -0.334. The maximum Gasteiger partial charge on any atom is 0.189 e. The molecule has 3 heteroatoms. The summed E-state index contributed by atoms with van der Waals surface area (Å²) in [5, 5.41) is 0. The summed E-state index contributed by atoms with van der Waals surface area (Å²) < 4.78 is 0. The van der Waals surface area contributed by atoms with Gasteiger partial charge < -0.3 is 0 Å². The summed E-state index contributed by atoms with van der Waals surface area (Å²) in [6.45, 7) is 2.25. The highest BCUT2D eigenvalue weighted by molar-refractivity contribution is 6.30. The first-order valence-electron chi connectivity index (χ1n) is 10.2. The number of rotatable bonds is 15. The van der Waals surface area contributed by atoms with Crippen molar-refractivity contribution < 1.29 is 14.4 Å². The molecule has 140 valence electrons. The highest BCUT2D eigenvalue weighted by Gasteiger charge is 2.19. The summed E-state index contributed by atoms with van der Waals surface area (Å²) in [5.74, 6) is -0.793. The maximum absolute atomic E-state index is 12.0. The van der Waals surface area contributed by atoms with E-state index in [-0.39, 0.29) is 22.9 Å². The first kappa shape index (κ1) is 21.5. The Morgan fingerprint density at radius 3 is 1.72 bits per heavy atom. The van der Waals surface area contributed by atoms with Crippen molar-refractivity contribution in [2.75, 3.05) is 0 Å². The second-order valence-corrected chi connectivity index (χ2v) is 7.07. The number of hydrogen-bond donors (Lipinski definition) is 0. The van der Waals surface area contributed by atoms with Crippen LogP contribution in [0.3, 0.4) is 0 Å². The van der Waals surface area contributed by atoms with Crippen molar-refractivity contribution in [1.29, 1.82) is 0 Å². The molecule has 0 fully saturated rings. The van der Waals surface area contributed by atoms with Crippen molar-refractivity contribution in [2.24, 2.45) is 0 Å². The van der Waals surface area contributed by atoms with Crippen LogP contribution in [0.4, 0.5) is 0 Å². The minimum Gasteiger partial charge on any atom is -0.294 e. The topological polar surface area (TPSA) is 51.2 Å². The van der Waals surface area contributed by atoms with Gasteiger partial charge in [-0.15, -0.1) is 0 Å². The fourth-order valence-corrected chi connectivity index (χ4v) is 3.16. The molecule has 0 N–H and O–H groups in total. The Labute approximate surface area is 153 Å². The molecule has 3 nitrogen and oxygen atoms in total. The highest BCUT2D eigenvalue weighted by Crippen LogP contribution is 2.15. The molecule has 1 aliphatic rings. The van der Waals surface area contributed by atoms with Gasteiger partial charge in [0.2, 0.25) is 0 Å². The second-order valence-electron chi connectivity index (χ2n) is 7.07. The van der Waals surface area contributed by atoms with Gasteiger partial charge in [-0.1, -0.05) is 84.0 Å². The Morgan fingerprint density at radius 1 is 0.720 bits per heavy atom. The lowest BCUT2D eigenvalue weighted by atomic mass is 9.96. The van der Waals surface area contributed by atoms with Gasteiger partial charge in [-0.25, -0.2) is 0 Å². The van der Waals surface area contributed by atoms with Crippen LogP contribution in [0.15, 0.2) is 23.8 Å². The molecule has 25 heavy (non-hydrogen) atoms. The van der Waals surface area contributed by atoms with Crippen LogP contribution < -0.4 is 0 Å². The molecular formula is C22H34O3. The van der Waals surface area contributed by atoms with E-state index in [0.717, 1.165) is 19.3 Å². The van der Waals surface area contributed by atoms with Crippen molar-refractivity contribution in [3.05, 3.63) is 23.8 Å². The van der Waals surface area contributed by atoms with E-state index >= 15 is 0 Å².